The van der Waals surface area contributed by atoms with Crippen LogP contribution in [0.3, 0.4) is 0 Å². The van der Waals surface area contributed by atoms with Crippen molar-refractivity contribution in [1.29, 1.82) is 0 Å². The Labute approximate surface area is 78.2 Å². The Hall–Kier alpha value is -1.31. The molecule has 2 nitrogen and oxygen atoms in total. The highest BCUT2D eigenvalue weighted by atomic mass is 16.3. The third kappa shape index (κ3) is 2.90. The highest BCUT2D eigenvalue weighted by molar-refractivity contribution is 5.96. The molecule has 1 radical (unpaired) electrons. The smallest absolute Gasteiger partial charge is 0.178 e. The van der Waals surface area contributed by atoms with E-state index in [0.717, 1.165) is 12.8 Å². The fourth-order valence-corrected chi connectivity index (χ4v) is 1.12. The van der Waals surface area contributed by atoms with Crippen LogP contribution in [-0.4, -0.2) is 5.78 Å². The summed E-state index contributed by atoms with van der Waals surface area (Å²) in [6.45, 7) is 2.05. The molecule has 0 aromatic heterocycles. The predicted molar refractivity (Wildman–Crippen MR) is 50.4 cm³/mol. The number of carbonyl (C=O) groups is 1. The Morgan fingerprint density at radius 3 is 2.38 bits per heavy atom. The van der Waals surface area contributed by atoms with Gasteiger partial charge in [0.25, 0.3) is 0 Å². The second-order valence-electron chi connectivity index (χ2n) is 3.05. The number of rotatable bonds is 4. The van der Waals surface area contributed by atoms with E-state index >= 15 is 0 Å². The van der Waals surface area contributed by atoms with E-state index in [-0.39, 0.29) is 11.5 Å². The first-order valence-corrected chi connectivity index (χ1v) is 4.54. The number of ketones is 1. The molecule has 0 amide bonds. The Kier molecular flexibility index (Phi) is 3.50. The summed E-state index contributed by atoms with van der Waals surface area (Å²) in [5.74, 6) is 0.0777. The lowest BCUT2D eigenvalue weighted by atomic mass is 10.1. The summed E-state index contributed by atoms with van der Waals surface area (Å²) < 4.78 is 0. The van der Waals surface area contributed by atoms with Gasteiger partial charge in [0.15, 0.2) is 11.5 Å². The minimum Gasteiger partial charge on any atom is -0.294 e. The van der Waals surface area contributed by atoms with Gasteiger partial charge < -0.3 is 0 Å². The average molecular weight is 177 g/mol. The van der Waals surface area contributed by atoms with Crippen molar-refractivity contribution in [3.05, 3.63) is 29.8 Å². The number of benzene rings is 1. The van der Waals surface area contributed by atoms with E-state index in [4.69, 9.17) is 0 Å². The number of carbonyl (C=O) groups excluding carboxylic acids is 1. The van der Waals surface area contributed by atoms with Crippen LogP contribution in [-0.2, 0) is 5.11 Å². The summed E-state index contributed by atoms with van der Waals surface area (Å²) in [6, 6.07) is 6.05. The van der Waals surface area contributed by atoms with Gasteiger partial charge in [-0.05, 0) is 30.7 Å². The van der Waals surface area contributed by atoms with Crippen molar-refractivity contribution in [2.24, 2.45) is 0 Å². The topological polar surface area (TPSA) is 37.0 Å². The summed E-state index contributed by atoms with van der Waals surface area (Å²) in [4.78, 5) is 11.4. The number of hydrogen-bond acceptors (Lipinski definition) is 1. The Balaban J connectivity index is 2.61. The first kappa shape index (κ1) is 9.78. The third-order valence-corrected chi connectivity index (χ3v) is 1.93. The van der Waals surface area contributed by atoms with Gasteiger partial charge in [-0.15, -0.1) is 0 Å². The van der Waals surface area contributed by atoms with Crippen LogP contribution in [0.1, 0.15) is 36.5 Å². The highest BCUT2D eigenvalue weighted by Crippen LogP contribution is 2.12. The number of Topliss-reactive ketones (excluding diaryl/α,β-unsaturated/α-hetero) is 1. The normalized spacial score (nSPS) is 9.92. The molecule has 0 aliphatic heterocycles. The van der Waals surface area contributed by atoms with Crippen LogP contribution in [0.2, 0.25) is 0 Å². The largest absolute Gasteiger partial charge is 0.294 e. The van der Waals surface area contributed by atoms with Crippen LogP contribution in [0, 0.1) is 0 Å². The Morgan fingerprint density at radius 1 is 1.23 bits per heavy atom. The van der Waals surface area contributed by atoms with Crippen molar-refractivity contribution >= 4 is 5.78 Å². The summed E-state index contributed by atoms with van der Waals surface area (Å²) in [5.41, 5.74) is 0.646. The highest BCUT2D eigenvalue weighted by Gasteiger charge is 2.04. The maximum absolute atomic E-state index is 11.4. The van der Waals surface area contributed by atoms with Gasteiger partial charge in [-0.1, -0.05) is 13.3 Å². The molecule has 0 unspecified atom stereocenters. The molecule has 0 aliphatic carbocycles. The minimum atomic E-state index is -0.0490. The van der Waals surface area contributed by atoms with E-state index in [1.165, 1.54) is 12.1 Å². The van der Waals surface area contributed by atoms with Crippen LogP contribution in [0.5, 0.6) is 5.75 Å². The van der Waals surface area contributed by atoms with Gasteiger partial charge in [-0.3, -0.25) is 9.90 Å². The molecule has 13 heavy (non-hydrogen) atoms. The van der Waals surface area contributed by atoms with E-state index in [1.54, 1.807) is 12.1 Å². The molecule has 0 fully saturated rings. The molecule has 1 aromatic carbocycles. The first-order valence-electron chi connectivity index (χ1n) is 4.54. The summed E-state index contributed by atoms with van der Waals surface area (Å²) in [6.07, 6.45) is 2.51. The molecule has 0 saturated heterocycles. The lowest BCUT2D eigenvalue weighted by Crippen LogP contribution is -1.97. The number of hydrogen-bond donors (Lipinski definition) is 0. The fraction of sp³-hybridized carbons (Fsp3) is 0.364. The molecule has 0 atom stereocenters. The van der Waals surface area contributed by atoms with Crippen LogP contribution in [0.25, 0.3) is 0 Å². The van der Waals surface area contributed by atoms with E-state index in [0.29, 0.717) is 12.0 Å². The van der Waals surface area contributed by atoms with E-state index in [1.807, 2.05) is 6.92 Å². The molecule has 0 aliphatic rings. The molecular weight excluding hydrogens is 164 g/mol. The van der Waals surface area contributed by atoms with Crippen molar-refractivity contribution in [3.63, 3.8) is 0 Å². The van der Waals surface area contributed by atoms with Crippen molar-refractivity contribution < 1.29 is 9.90 Å². The van der Waals surface area contributed by atoms with Crippen molar-refractivity contribution in [3.8, 4) is 5.75 Å². The zero-order valence-corrected chi connectivity index (χ0v) is 7.75. The second kappa shape index (κ2) is 4.65. The predicted octanol–water partition coefficient (Wildman–Crippen LogP) is 3.20. The van der Waals surface area contributed by atoms with Gasteiger partial charge >= 0.3 is 0 Å². The lowest BCUT2D eigenvalue weighted by molar-refractivity contribution is 0.0980. The van der Waals surface area contributed by atoms with Gasteiger partial charge in [-0.25, -0.2) is 0 Å². The van der Waals surface area contributed by atoms with Gasteiger partial charge in [0.2, 0.25) is 0 Å². The van der Waals surface area contributed by atoms with E-state index in [2.05, 4.69) is 0 Å². The quantitative estimate of drug-likeness (QED) is 0.650. The van der Waals surface area contributed by atoms with Gasteiger partial charge in [0, 0.05) is 12.0 Å². The Bertz CT molecular complexity index is 275. The van der Waals surface area contributed by atoms with Crippen LogP contribution in [0.4, 0.5) is 0 Å². The van der Waals surface area contributed by atoms with Crippen molar-refractivity contribution in [2.45, 2.75) is 26.2 Å². The molecular formula is C11H13O2. The molecule has 69 valence electrons. The molecule has 0 saturated carbocycles. The maximum Gasteiger partial charge on any atom is 0.178 e. The van der Waals surface area contributed by atoms with Gasteiger partial charge in [-0.2, -0.15) is 0 Å². The van der Waals surface area contributed by atoms with E-state index < -0.39 is 0 Å². The lowest BCUT2D eigenvalue weighted by Gasteiger charge is -1.98. The fourth-order valence-electron chi connectivity index (χ4n) is 1.12. The molecule has 0 heterocycles. The van der Waals surface area contributed by atoms with Gasteiger partial charge in [0.1, 0.15) is 0 Å². The SMILES string of the molecule is CCCCC(=O)c1ccc([O])cc1. The summed E-state index contributed by atoms with van der Waals surface area (Å²) in [5, 5.41) is 10.7. The molecule has 0 spiro atoms. The second-order valence-corrected chi connectivity index (χ2v) is 3.05. The monoisotopic (exact) mass is 177 g/mol. The summed E-state index contributed by atoms with van der Waals surface area (Å²) in [7, 11) is 0. The third-order valence-electron chi connectivity index (χ3n) is 1.93. The zero-order valence-electron chi connectivity index (χ0n) is 7.75. The maximum atomic E-state index is 11.4. The van der Waals surface area contributed by atoms with Crippen LogP contribution >= 0.6 is 0 Å². The summed E-state index contributed by atoms with van der Waals surface area (Å²) >= 11 is 0. The molecule has 0 bridgehead atoms. The molecule has 2 heteroatoms. The zero-order chi connectivity index (χ0) is 9.68. The molecule has 0 N–H and O–H groups in total. The van der Waals surface area contributed by atoms with E-state index in [9.17, 15) is 9.90 Å². The average Bonchev–Trinajstić information content (AvgIpc) is 2.15. The van der Waals surface area contributed by atoms with Crippen LogP contribution in [0.15, 0.2) is 24.3 Å². The standard InChI is InChI=1S/C11H13O2/c1-2-3-4-11(13)9-5-7-10(12)8-6-9/h5-8H,2-4H2,1H3. The van der Waals surface area contributed by atoms with Crippen molar-refractivity contribution in [1.82, 2.24) is 0 Å². The Morgan fingerprint density at radius 2 is 1.85 bits per heavy atom. The first-order chi connectivity index (χ1) is 6.24. The van der Waals surface area contributed by atoms with Crippen molar-refractivity contribution in [2.75, 3.05) is 0 Å². The minimum absolute atomic E-state index is 0.0490. The van der Waals surface area contributed by atoms with Crippen LogP contribution < -0.4 is 0 Å². The number of unbranched alkanes of at least 4 members (excludes halogenated alkanes) is 1. The molecule has 1 rings (SSSR count). The van der Waals surface area contributed by atoms with Gasteiger partial charge in [0.05, 0.1) is 0 Å². The molecule has 1 aromatic rings.